The van der Waals surface area contributed by atoms with Gasteiger partial charge in [0.25, 0.3) is 0 Å². The van der Waals surface area contributed by atoms with Crippen LogP contribution in [0.25, 0.3) is 16.7 Å². The van der Waals surface area contributed by atoms with Gasteiger partial charge in [-0.1, -0.05) is 12.1 Å². The second-order valence-electron chi connectivity index (χ2n) is 3.94. The van der Waals surface area contributed by atoms with Gasteiger partial charge in [0.05, 0.1) is 0 Å². The van der Waals surface area contributed by atoms with Crippen molar-refractivity contribution in [2.45, 2.75) is 0 Å². The van der Waals surface area contributed by atoms with E-state index in [1.807, 2.05) is 0 Å². The molecule has 4 N–H and O–H groups in total. The maximum Gasteiger partial charge on any atom is 0.202 e. The van der Waals surface area contributed by atoms with Crippen LogP contribution in [0.1, 0.15) is 0 Å². The summed E-state index contributed by atoms with van der Waals surface area (Å²) in [6, 6.07) is 7.88. The first-order valence-corrected chi connectivity index (χ1v) is 5.37. The Kier molecular flexibility index (Phi) is 2.21. The molecule has 0 atom stereocenters. The van der Waals surface area contributed by atoms with E-state index in [1.54, 1.807) is 24.3 Å². The Morgan fingerprint density at radius 3 is 1.95 bits per heavy atom. The molecule has 1 heterocycles. The predicted octanol–water partition coefficient (Wildman–Crippen LogP) is 1.24. The summed E-state index contributed by atoms with van der Waals surface area (Å²) < 4.78 is 0. The summed E-state index contributed by atoms with van der Waals surface area (Å²) >= 11 is 0. The van der Waals surface area contributed by atoms with Crippen molar-refractivity contribution in [3.8, 4) is 28.7 Å². The lowest BCUT2D eigenvalue weighted by atomic mass is 10.2. The zero-order chi connectivity index (χ0) is 13.6. The number of aromatic hydroxyl groups is 4. The minimum atomic E-state index is -0.742. The third kappa shape index (κ3) is 1.60. The fraction of sp³-hybridized carbons (Fsp3) is 0. The van der Waals surface area contributed by atoms with Gasteiger partial charge in [-0.25, -0.2) is 0 Å². The van der Waals surface area contributed by atoms with E-state index < -0.39 is 23.0 Å². The number of fused-ring (bicyclic) bond motifs is 1. The summed E-state index contributed by atoms with van der Waals surface area (Å²) in [6.45, 7) is 0. The fourth-order valence-electron chi connectivity index (χ4n) is 1.78. The highest BCUT2D eigenvalue weighted by Crippen LogP contribution is 2.44. The molecule has 0 unspecified atom stereocenters. The number of phenols is 4. The summed E-state index contributed by atoms with van der Waals surface area (Å²) in [6.07, 6.45) is 0. The Bertz CT molecular complexity index is 749. The molecule has 3 rings (SSSR count). The second kappa shape index (κ2) is 3.77. The van der Waals surface area contributed by atoms with E-state index in [-0.39, 0.29) is 5.69 Å². The van der Waals surface area contributed by atoms with Crippen molar-refractivity contribution in [3.05, 3.63) is 30.3 Å². The van der Waals surface area contributed by atoms with Gasteiger partial charge in [0, 0.05) is 6.07 Å². The molecule has 0 bridgehead atoms. The Morgan fingerprint density at radius 1 is 0.789 bits per heavy atom. The molecule has 7 nitrogen and oxygen atoms in total. The van der Waals surface area contributed by atoms with Crippen LogP contribution in [0, 0.1) is 0 Å². The van der Waals surface area contributed by atoms with Gasteiger partial charge in [-0.15, -0.1) is 15.0 Å². The van der Waals surface area contributed by atoms with Crippen LogP contribution in [0.3, 0.4) is 0 Å². The number of rotatable bonds is 1. The van der Waals surface area contributed by atoms with Crippen molar-refractivity contribution >= 4 is 11.0 Å². The van der Waals surface area contributed by atoms with Crippen LogP contribution in [0.4, 0.5) is 0 Å². The van der Waals surface area contributed by atoms with Gasteiger partial charge in [-0.2, -0.15) is 0 Å². The van der Waals surface area contributed by atoms with E-state index in [9.17, 15) is 20.4 Å². The summed E-state index contributed by atoms with van der Waals surface area (Å²) in [7, 11) is 0. The molecule has 0 spiro atoms. The van der Waals surface area contributed by atoms with E-state index in [1.165, 1.54) is 0 Å². The maximum absolute atomic E-state index is 9.77. The molecule has 0 saturated heterocycles. The summed E-state index contributed by atoms with van der Waals surface area (Å²) in [4.78, 5) is 0.995. The molecule has 7 heteroatoms. The van der Waals surface area contributed by atoms with Crippen LogP contribution in [-0.4, -0.2) is 35.4 Å². The topological polar surface area (TPSA) is 112 Å². The van der Waals surface area contributed by atoms with Gasteiger partial charge < -0.3 is 20.4 Å². The first kappa shape index (κ1) is 11.1. The number of benzene rings is 2. The van der Waals surface area contributed by atoms with Crippen LogP contribution in [0.5, 0.6) is 23.0 Å². The molecule has 0 aliphatic carbocycles. The Balaban J connectivity index is 2.29. The quantitative estimate of drug-likeness (QED) is 0.386. The maximum atomic E-state index is 9.77. The monoisotopic (exact) mass is 259 g/mol. The molecular weight excluding hydrogens is 250 g/mol. The molecular formula is C12H9N3O4. The van der Waals surface area contributed by atoms with E-state index in [0.717, 1.165) is 10.9 Å². The Labute approximate surface area is 106 Å². The first-order valence-electron chi connectivity index (χ1n) is 5.37. The molecule has 96 valence electrons. The highest BCUT2D eigenvalue weighted by molar-refractivity contribution is 5.74. The van der Waals surface area contributed by atoms with E-state index in [4.69, 9.17) is 0 Å². The van der Waals surface area contributed by atoms with Crippen molar-refractivity contribution in [1.82, 2.24) is 15.0 Å². The number of aromatic nitrogens is 3. The fourth-order valence-corrected chi connectivity index (χ4v) is 1.78. The number of nitrogens with zero attached hydrogens (tertiary/aromatic N) is 3. The lowest BCUT2D eigenvalue weighted by molar-refractivity contribution is 0.357. The molecule has 1 aromatic heterocycles. The van der Waals surface area contributed by atoms with Crippen molar-refractivity contribution in [2.24, 2.45) is 0 Å². The van der Waals surface area contributed by atoms with Crippen LogP contribution in [0.2, 0.25) is 0 Å². The zero-order valence-corrected chi connectivity index (χ0v) is 9.52. The SMILES string of the molecule is Oc1cc(O)c(-n2nc3ccccc3n2)c(O)c1O. The van der Waals surface area contributed by atoms with Crippen molar-refractivity contribution in [3.63, 3.8) is 0 Å². The average Bonchev–Trinajstić information content (AvgIpc) is 2.79. The molecule has 3 aromatic rings. The van der Waals surface area contributed by atoms with E-state index >= 15 is 0 Å². The van der Waals surface area contributed by atoms with Crippen LogP contribution >= 0.6 is 0 Å². The van der Waals surface area contributed by atoms with Crippen molar-refractivity contribution < 1.29 is 20.4 Å². The average molecular weight is 259 g/mol. The van der Waals surface area contributed by atoms with Crippen molar-refractivity contribution in [2.75, 3.05) is 0 Å². The van der Waals surface area contributed by atoms with Gasteiger partial charge in [0.1, 0.15) is 11.0 Å². The Hall–Kier alpha value is -2.96. The molecule has 0 saturated carbocycles. The highest BCUT2D eigenvalue weighted by Gasteiger charge is 2.20. The van der Waals surface area contributed by atoms with E-state index in [2.05, 4.69) is 10.2 Å². The summed E-state index contributed by atoms with van der Waals surface area (Å²) in [5, 5.41) is 46.4. The number of phenolic OH excluding ortho intramolecular Hbond substituents is 4. The van der Waals surface area contributed by atoms with Crippen LogP contribution < -0.4 is 0 Å². The molecule has 0 amide bonds. The van der Waals surface area contributed by atoms with Gasteiger partial charge in [-0.3, -0.25) is 0 Å². The van der Waals surface area contributed by atoms with E-state index in [0.29, 0.717) is 11.0 Å². The largest absolute Gasteiger partial charge is 0.505 e. The number of hydrogen-bond donors (Lipinski definition) is 4. The molecule has 2 aromatic carbocycles. The lowest BCUT2D eigenvalue weighted by Crippen LogP contribution is -1.99. The first-order chi connectivity index (χ1) is 9.08. The molecule has 0 radical (unpaired) electrons. The smallest absolute Gasteiger partial charge is 0.202 e. The third-order valence-electron chi connectivity index (χ3n) is 2.69. The Morgan fingerprint density at radius 2 is 1.37 bits per heavy atom. The summed E-state index contributed by atoms with van der Waals surface area (Å²) in [5.74, 6) is -2.52. The third-order valence-corrected chi connectivity index (χ3v) is 2.69. The summed E-state index contributed by atoms with van der Waals surface area (Å²) in [5.41, 5.74) is 0.925. The molecule has 0 aliphatic heterocycles. The second-order valence-corrected chi connectivity index (χ2v) is 3.94. The van der Waals surface area contributed by atoms with Gasteiger partial charge in [0.2, 0.25) is 5.75 Å². The van der Waals surface area contributed by atoms with Crippen LogP contribution in [0.15, 0.2) is 30.3 Å². The van der Waals surface area contributed by atoms with Crippen molar-refractivity contribution in [1.29, 1.82) is 0 Å². The minimum absolute atomic E-state index is 0.202. The normalized spacial score (nSPS) is 10.9. The molecule has 19 heavy (non-hydrogen) atoms. The predicted molar refractivity (Wildman–Crippen MR) is 65.5 cm³/mol. The zero-order valence-electron chi connectivity index (χ0n) is 9.52. The standard InChI is InChI=1S/C12H9N3O4/c16-8-5-9(17)11(18)12(19)10(8)15-13-6-3-1-2-4-7(6)14-15/h1-5,16-19H. The molecule has 0 aliphatic rings. The van der Waals surface area contributed by atoms with Gasteiger partial charge in [0.15, 0.2) is 22.9 Å². The lowest BCUT2D eigenvalue weighted by Gasteiger charge is -2.08. The van der Waals surface area contributed by atoms with Gasteiger partial charge in [-0.05, 0) is 12.1 Å². The van der Waals surface area contributed by atoms with Crippen LogP contribution in [-0.2, 0) is 0 Å². The highest BCUT2D eigenvalue weighted by atomic mass is 16.3. The minimum Gasteiger partial charge on any atom is -0.505 e. The number of hydrogen-bond acceptors (Lipinski definition) is 6. The molecule has 0 fully saturated rings. The van der Waals surface area contributed by atoms with Gasteiger partial charge >= 0.3 is 0 Å².